The standard InChI is InChI=1S/C9H17N3/c1-3-4-8(2)12-7-11-6-9(12)5-10/h6-8H,3-5,10H2,1-2H3. The zero-order chi connectivity index (χ0) is 8.97. The van der Waals surface area contributed by atoms with Crippen molar-refractivity contribution < 1.29 is 0 Å². The number of nitrogens with zero attached hydrogens (tertiary/aromatic N) is 2. The molecule has 3 nitrogen and oxygen atoms in total. The molecule has 3 heteroatoms. The van der Waals surface area contributed by atoms with Crippen LogP contribution in [-0.4, -0.2) is 9.55 Å². The highest BCUT2D eigenvalue weighted by Crippen LogP contribution is 2.14. The first kappa shape index (κ1) is 9.26. The second-order valence-corrected chi connectivity index (χ2v) is 3.13. The Morgan fingerprint density at radius 3 is 3.00 bits per heavy atom. The molecule has 2 N–H and O–H groups in total. The highest BCUT2D eigenvalue weighted by Gasteiger charge is 2.06. The zero-order valence-electron chi connectivity index (χ0n) is 7.83. The number of hydrogen-bond acceptors (Lipinski definition) is 2. The van der Waals surface area contributed by atoms with Crippen LogP contribution in [-0.2, 0) is 6.54 Å². The predicted molar refractivity (Wildman–Crippen MR) is 49.7 cm³/mol. The highest BCUT2D eigenvalue weighted by atomic mass is 15.1. The van der Waals surface area contributed by atoms with E-state index < -0.39 is 0 Å². The average Bonchev–Trinajstić information content (AvgIpc) is 2.51. The van der Waals surface area contributed by atoms with E-state index in [1.54, 1.807) is 0 Å². The molecule has 1 aromatic rings. The molecule has 0 aliphatic carbocycles. The van der Waals surface area contributed by atoms with Crippen LogP contribution >= 0.6 is 0 Å². The lowest BCUT2D eigenvalue weighted by Gasteiger charge is -2.14. The van der Waals surface area contributed by atoms with Crippen LogP contribution in [0.5, 0.6) is 0 Å². The molecule has 0 amide bonds. The topological polar surface area (TPSA) is 43.8 Å². The molecule has 1 unspecified atom stereocenters. The van der Waals surface area contributed by atoms with Gasteiger partial charge in [0.2, 0.25) is 0 Å². The van der Waals surface area contributed by atoms with Crippen LogP contribution in [0.4, 0.5) is 0 Å². The van der Waals surface area contributed by atoms with Crippen molar-refractivity contribution in [1.29, 1.82) is 0 Å². The lowest BCUT2D eigenvalue weighted by Crippen LogP contribution is -2.10. The number of hydrogen-bond donors (Lipinski definition) is 1. The molecule has 0 radical (unpaired) electrons. The van der Waals surface area contributed by atoms with E-state index in [0.717, 1.165) is 5.69 Å². The molecule has 1 aromatic heterocycles. The smallest absolute Gasteiger partial charge is 0.0951 e. The molecule has 0 fully saturated rings. The second kappa shape index (κ2) is 4.26. The maximum absolute atomic E-state index is 5.57. The van der Waals surface area contributed by atoms with E-state index in [1.165, 1.54) is 12.8 Å². The van der Waals surface area contributed by atoms with Crippen LogP contribution in [0, 0.1) is 0 Å². The van der Waals surface area contributed by atoms with Gasteiger partial charge in [-0.15, -0.1) is 0 Å². The summed E-state index contributed by atoms with van der Waals surface area (Å²) in [6, 6.07) is 0.524. The molecule has 0 aliphatic heterocycles. The Kier molecular flexibility index (Phi) is 3.29. The van der Waals surface area contributed by atoms with Gasteiger partial charge < -0.3 is 10.3 Å². The molecule has 0 spiro atoms. The van der Waals surface area contributed by atoms with E-state index in [9.17, 15) is 0 Å². The SMILES string of the molecule is CCCC(C)n1cncc1CN. The zero-order valence-corrected chi connectivity index (χ0v) is 7.83. The van der Waals surface area contributed by atoms with Gasteiger partial charge in [0.05, 0.1) is 12.0 Å². The minimum absolute atomic E-state index is 0.524. The van der Waals surface area contributed by atoms with Gasteiger partial charge in [-0.25, -0.2) is 4.98 Å². The van der Waals surface area contributed by atoms with Gasteiger partial charge in [-0.1, -0.05) is 13.3 Å². The Morgan fingerprint density at radius 2 is 2.42 bits per heavy atom. The third-order valence-corrected chi connectivity index (χ3v) is 2.14. The summed E-state index contributed by atoms with van der Waals surface area (Å²) in [7, 11) is 0. The number of aromatic nitrogens is 2. The van der Waals surface area contributed by atoms with Gasteiger partial charge in [0, 0.05) is 18.8 Å². The van der Waals surface area contributed by atoms with Crippen LogP contribution in [0.15, 0.2) is 12.5 Å². The van der Waals surface area contributed by atoms with Gasteiger partial charge in [0.15, 0.2) is 0 Å². The first-order valence-electron chi connectivity index (χ1n) is 4.50. The number of rotatable bonds is 4. The predicted octanol–water partition coefficient (Wildman–Crippen LogP) is 1.70. The molecule has 68 valence electrons. The Morgan fingerprint density at radius 1 is 1.67 bits per heavy atom. The molecular weight excluding hydrogens is 150 g/mol. The molecule has 1 heterocycles. The van der Waals surface area contributed by atoms with Crippen LogP contribution in [0.3, 0.4) is 0 Å². The fraction of sp³-hybridized carbons (Fsp3) is 0.667. The summed E-state index contributed by atoms with van der Waals surface area (Å²) >= 11 is 0. The summed E-state index contributed by atoms with van der Waals surface area (Å²) in [5, 5.41) is 0. The molecule has 0 saturated carbocycles. The lowest BCUT2D eigenvalue weighted by molar-refractivity contribution is 0.485. The van der Waals surface area contributed by atoms with Crippen molar-refractivity contribution in [1.82, 2.24) is 9.55 Å². The maximum Gasteiger partial charge on any atom is 0.0951 e. The van der Waals surface area contributed by atoms with E-state index in [1.807, 2.05) is 12.5 Å². The number of imidazole rings is 1. The first-order chi connectivity index (χ1) is 5.79. The van der Waals surface area contributed by atoms with E-state index in [-0.39, 0.29) is 0 Å². The highest BCUT2D eigenvalue weighted by molar-refractivity contribution is 4.98. The van der Waals surface area contributed by atoms with Gasteiger partial charge in [-0.3, -0.25) is 0 Å². The summed E-state index contributed by atoms with van der Waals surface area (Å²) in [5.41, 5.74) is 6.69. The molecule has 0 bridgehead atoms. The van der Waals surface area contributed by atoms with Gasteiger partial charge >= 0.3 is 0 Å². The van der Waals surface area contributed by atoms with Crippen LogP contribution in [0.1, 0.15) is 38.4 Å². The molecule has 0 saturated heterocycles. The summed E-state index contributed by atoms with van der Waals surface area (Å²) in [5.74, 6) is 0. The molecule has 1 atom stereocenters. The third-order valence-electron chi connectivity index (χ3n) is 2.14. The van der Waals surface area contributed by atoms with Gasteiger partial charge in [0.25, 0.3) is 0 Å². The average molecular weight is 167 g/mol. The fourth-order valence-corrected chi connectivity index (χ4v) is 1.44. The first-order valence-corrected chi connectivity index (χ1v) is 4.50. The Hall–Kier alpha value is -0.830. The fourth-order valence-electron chi connectivity index (χ4n) is 1.44. The Balaban J connectivity index is 2.71. The van der Waals surface area contributed by atoms with Gasteiger partial charge in [-0.05, 0) is 13.3 Å². The molecular formula is C9H17N3. The second-order valence-electron chi connectivity index (χ2n) is 3.13. The summed E-state index contributed by atoms with van der Waals surface area (Å²) in [6.07, 6.45) is 6.08. The molecule has 0 aliphatic rings. The van der Waals surface area contributed by atoms with Crippen molar-refractivity contribution in [2.75, 3.05) is 0 Å². The lowest BCUT2D eigenvalue weighted by atomic mass is 10.2. The minimum Gasteiger partial charge on any atom is -0.331 e. The normalized spacial score (nSPS) is 13.2. The molecule has 1 rings (SSSR count). The molecule has 12 heavy (non-hydrogen) atoms. The van der Waals surface area contributed by atoms with E-state index in [2.05, 4.69) is 23.4 Å². The van der Waals surface area contributed by atoms with Crippen molar-refractivity contribution in [3.05, 3.63) is 18.2 Å². The summed E-state index contributed by atoms with van der Waals surface area (Å²) in [4.78, 5) is 4.08. The maximum atomic E-state index is 5.57. The minimum atomic E-state index is 0.524. The van der Waals surface area contributed by atoms with Crippen LogP contribution < -0.4 is 5.73 Å². The van der Waals surface area contributed by atoms with Gasteiger partial charge in [0.1, 0.15) is 0 Å². The van der Waals surface area contributed by atoms with E-state index in [0.29, 0.717) is 12.6 Å². The van der Waals surface area contributed by atoms with E-state index >= 15 is 0 Å². The number of nitrogens with two attached hydrogens (primary N) is 1. The Bertz CT molecular complexity index is 229. The molecule has 0 aromatic carbocycles. The van der Waals surface area contributed by atoms with Crippen LogP contribution in [0.25, 0.3) is 0 Å². The quantitative estimate of drug-likeness (QED) is 0.741. The van der Waals surface area contributed by atoms with Crippen molar-refractivity contribution in [2.45, 2.75) is 39.3 Å². The van der Waals surface area contributed by atoms with Gasteiger partial charge in [-0.2, -0.15) is 0 Å². The van der Waals surface area contributed by atoms with E-state index in [4.69, 9.17) is 5.73 Å². The largest absolute Gasteiger partial charge is 0.331 e. The monoisotopic (exact) mass is 167 g/mol. The third kappa shape index (κ3) is 1.85. The van der Waals surface area contributed by atoms with Crippen molar-refractivity contribution in [3.63, 3.8) is 0 Å². The van der Waals surface area contributed by atoms with Crippen molar-refractivity contribution in [3.8, 4) is 0 Å². The van der Waals surface area contributed by atoms with Crippen molar-refractivity contribution >= 4 is 0 Å². The summed E-state index contributed by atoms with van der Waals surface area (Å²) < 4.78 is 2.16. The Labute approximate surface area is 73.6 Å². The van der Waals surface area contributed by atoms with Crippen LogP contribution in [0.2, 0.25) is 0 Å². The van der Waals surface area contributed by atoms with Crippen molar-refractivity contribution in [2.24, 2.45) is 5.73 Å². The summed E-state index contributed by atoms with van der Waals surface area (Å²) in [6.45, 7) is 4.97.